The van der Waals surface area contributed by atoms with E-state index < -0.39 is 0 Å². The van der Waals surface area contributed by atoms with E-state index in [9.17, 15) is 4.39 Å². The highest BCUT2D eigenvalue weighted by Gasteiger charge is 2.06. The van der Waals surface area contributed by atoms with E-state index in [0.717, 1.165) is 18.6 Å². The van der Waals surface area contributed by atoms with Gasteiger partial charge in [0.2, 0.25) is 0 Å². The molecule has 0 saturated carbocycles. The van der Waals surface area contributed by atoms with Gasteiger partial charge in [-0.1, -0.05) is 11.6 Å². The first-order valence-electron chi connectivity index (χ1n) is 6.04. The van der Waals surface area contributed by atoms with E-state index in [1.165, 1.54) is 18.2 Å². The monoisotopic (exact) mass is 283 g/mol. The normalized spacial score (nSPS) is 10.7. The fourth-order valence-electron chi connectivity index (χ4n) is 1.65. The lowest BCUT2D eigenvalue weighted by atomic mass is 10.2. The van der Waals surface area contributed by atoms with E-state index in [1.54, 1.807) is 0 Å². The lowest BCUT2D eigenvalue weighted by Crippen LogP contribution is -1.99. The maximum atomic E-state index is 12.9. The van der Waals surface area contributed by atoms with Crippen molar-refractivity contribution in [2.75, 3.05) is 6.54 Å². The Labute approximate surface area is 116 Å². The van der Waals surface area contributed by atoms with Crippen molar-refractivity contribution in [2.45, 2.75) is 19.4 Å². The number of ether oxygens (including phenoxy) is 1. The molecule has 0 aliphatic rings. The zero-order valence-corrected chi connectivity index (χ0v) is 11.1. The average Bonchev–Trinajstić information content (AvgIpc) is 2.83. The number of hydrogen-bond donors (Lipinski definition) is 1. The largest absolute Gasteiger partial charge is 0.484 e. The highest BCUT2D eigenvalue weighted by molar-refractivity contribution is 6.32. The van der Waals surface area contributed by atoms with Gasteiger partial charge in [-0.15, -0.1) is 0 Å². The Kier molecular flexibility index (Phi) is 4.82. The third-order valence-electron chi connectivity index (χ3n) is 2.61. The minimum absolute atomic E-state index is 0.245. The van der Waals surface area contributed by atoms with E-state index in [1.807, 2.05) is 12.1 Å². The molecule has 2 N–H and O–H groups in total. The number of benzene rings is 1. The van der Waals surface area contributed by atoms with Gasteiger partial charge in [0.25, 0.3) is 0 Å². The minimum atomic E-state index is -0.389. The second-order valence-electron chi connectivity index (χ2n) is 4.12. The number of aryl methyl sites for hydroxylation is 1. The number of halogens is 2. The lowest BCUT2D eigenvalue weighted by molar-refractivity contribution is 0.265. The summed E-state index contributed by atoms with van der Waals surface area (Å²) in [6.45, 7) is 0.895. The van der Waals surface area contributed by atoms with Crippen LogP contribution >= 0.6 is 11.6 Å². The zero-order chi connectivity index (χ0) is 13.7. The van der Waals surface area contributed by atoms with Crippen molar-refractivity contribution in [3.63, 3.8) is 0 Å². The molecule has 0 amide bonds. The standard InChI is InChI=1S/C14H15ClFNO2/c15-13-8-10(16)3-6-14(13)18-9-12-5-4-11(19-12)2-1-7-17/h3-6,8H,1-2,7,9,17H2. The Bertz CT molecular complexity index is 542. The molecule has 1 aromatic carbocycles. The van der Waals surface area contributed by atoms with Gasteiger partial charge in [0.1, 0.15) is 29.7 Å². The average molecular weight is 284 g/mol. The zero-order valence-electron chi connectivity index (χ0n) is 10.4. The molecular weight excluding hydrogens is 269 g/mol. The van der Waals surface area contributed by atoms with E-state index in [0.29, 0.717) is 18.1 Å². The Morgan fingerprint density at radius 3 is 2.74 bits per heavy atom. The van der Waals surface area contributed by atoms with Crippen molar-refractivity contribution in [3.05, 3.63) is 52.7 Å². The molecule has 1 heterocycles. The highest BCUT2D eigenvalue weighted by atomic mass is 35.5. The number of furan rings is 1. The first-order chi connectivity index (χ1) is 9.19. The topological polar surface area (TPSA) is 48.4 Å². The molecule has 5 heteroatoms. The van der Waals surface area contributed by atoms with Crippen LogP contribution < -0.4 is 10.5 Å². The van der Waals surface area contributed by atoms with Crippen molar-refractivity contribution in [3.8, 4) is 5.75 Å². The van der Waals surface area contributed by atoms with Gasteiger partial charge in [0, 0.05) is 6.42 Å². The Hall–Kier alpha value is -1.52. The van der Waals surface area contributed by atoms with Crippen LogP contribution in [0.5, 0.6) is 5.75 Å². The summed E-state index contributed by atoms with van der Waals surface area (Å²) in [6.07, 6.45) is 1.70. The van der Waals surface area contributed by atoms with Gasteiger partial charge >= 0.3 is 0 Å². The lowest BCUT2D eigenvalue weighted by Gasteiger charge is -2.06. The minimum Gasteiger partial charge on any atom is -0.484 e. The van der Waals surface area contributed by atoms with Crippen molar-refractivity contribution in [2.24, 2.45) is 5.73 Å². The van der Waals surface area contributed by atoms with Crippen LogP contribution in [0.2, 0.25) is 5.02 Å². The summed E-state index contributed by atoms with van der Waals surface area (Å²) in [7, 11) is 0. The van der Waals surface area contributed by atoms with Crippen LogP contribution in [0.25, 0.3) is 0 Å². The Morgan fingerprint density at radius 1 is 1.21 bits per heavy atom. The van der Waals surface area contributed by atoms with Crippen LogP contribution in [0.4, 0.5) is 4.39 Å². The van der Waals surface area contributed by atoms with Crippen LogP contribution in [-0.4, -0.2) is 6.54 Å². The van der Waals surface area contributed by atoms with Crippen molar-refractivity contribution >= 4 is 11.6 Å². The number of rotatable bonds is 6. The fraction of sp³-hybridized carbons (Fsp3) is 0.286. The molecule has 2 rings (SSSR count). The van der Waals surface area contributed by atoms with Gasteiger partial charge in [-0.05, 0) is 43.3 Å². The quantitative estimate of drug-likeness (QED) is 0.882. The Balaban J connectivity index is 1.92. The van der Waals surface area contributed by atoms with Crippen molar-refractivity contribution < 1.29 is 13.5 Å². The molecule has 0 unspecified atom stereocenters. The molecule has 0 aliphatic heterocycles. The van der Waals surface area contributed by atoms with E-state index in [2.05, 4.69) is 0 Å². The fourth-order valence-corrected chi connectivity index (χ4v) is 1.87. The van der Waals surface area contributed by atoms with Gasteiger partial charge in [0.05, 0.1) is 5.02 Å². The molecule has 0 bridgehead atoms. The summed E-state index contributed by atoms with van der Waals surface area (Å²) in [4.78, 5) is 0. The highest BCUT2D eigenvalue weighted by Crippen LogP contribution is 2.26. The summed E-state index contributed by atoms with van der Waals surface area (Å²) in [6, 6.07) is 7.77. The van der Waals surface area contributed by atoms with Gasteiger partial charge in [-0.3, -0.25) is 0 Å². The predicted molar refractivity (Wildman–Crippen MR) is 71.8 cm³/mol. The van der Waals surface area contributed by atoms with Crippen LogP contribution in [-0.2, 0) is 13.0 Å². The van der Waals surface area contributed by atoms with Gasteiger partial charge in [0.15, 0.2) is 0 Å². The smallest absolute Gasteiger partial charge is 0.146 e. The molecule has 0 atom stereocenters. The molecule has 0 saturated heterocycles. The maximum absolute atomic E-state index is 12.9. The SMILES string of the molecule is NCCCc1ccc(COc2ccc(F)cc2Cl)o1. The molecule has 0 fully saturated rings. The molecule has 0 aliphatic carbocycles. The van der Waals surface area contributed by atoms with Crippen molar-refractivity contribution in [1.82, 2.24) is 0 Å². The first kappa shape index (κ1) is 13.9. The van der Waals surface area contributed by atoms with Crippen LogP contribution in [0.1, 0.15) is 17.9 Å². The summed E-state index contributed by atoms with van der Waals surface area (Å²) in [5.41, 5.74) is 5.44. The molecule has 1 aromatic heterocycles. The van der Waals surface area contributed by atoms with Crippen LogP contribution in [0.3, 0.4) is 0 Å². The van der Waals surface area contributed by atoms with Crippen LogP contribution in [0, 0.1) is 5.82 Å². The number of nitrogens with two attached hydrogens (primary N) is 1. The molecule has 0 spiro atoms. The molecular formula is C14H15ClFNO2. The van der Waals surface area contributed by atoms with E-state index in [-0.39, 0.29) is 17.4 Å². The summed E-state index contributed by atoms with van der Waals surface area (Å²) >= 11 is 5.86. The van der Waals surface area contributed by atoms with E-state index >= 15 is 0 Å². The second-order valence-corrected chi connectivity index (χ2v) is 4.53. The molecule has 0 radical (unpaired) electrons. The Morgan fingerprint density at radius 2 is 2.00 bits per heavy atom. The third-order valence-corrected chi connectivity index (χ3v) is 2.90. The summed E-state index contributed by atoms with van der Waals surface area (Å²) in [5, 5.41) is 0.245. The molecule has 19 heavy (non-hydrogen) atoms. The van der Waals surface area contributed by atoms with Gasteiger partial charge in [-0.25, -0.2) is 4.39 Å². The number of hydrogen-bond acceptors (Lipinski definition) is 3. The second kappa shape index (κ2) is 6.59. The molecule has 2 aromatic rings. The molecule has 3 nitrogen and oxygen atoms in total. The van der Waals surface area contributed by atoms with Crippen molar-refractivity contribution in [1.29, 1.82) is 0 Å². The third kappa shape index (κ3) is 3.98. The summed E-state index contributed by atoms with van der Waals surface area (Å²) in [5.74, 6) is 1.63. The van der Waals surface area contributed by atoms with Gasteiger partial charge < -0.3 is 14.9 Å². The molecule has 102 valence electrons. The first-order valence-corrected chi connectivity index (χ1v) is 6.42. The summed E-state index contributed by atoms with van der Waals surface area (Å²) < 4.78 is 23.9. The van der Waals surface area contributed by atoms with Crippen LogP contribution in [0.15, 0.2) is 34.7 Å². The van der Waals surface area contributed by atoms with E-state index in [4.69, 9.17) is 26.5 Å². The predicted octanol–water partition coefficient (Wildman–Crippen LogP) is 3.54. The van der Waals surface area contributed by atoms with Gasteiger partial charge in [-0.2, -0.15) is 0 Å². The maximum Gasteiger partial charge on any atom is 0.146 e.